The van der Waals surface area contributed by atoms with Gasteiger partial charge in [-0.15, -0.1) is 0 Å². The molecule has 16 heavy (non-hydrogen) atoms. The van der Waals surface area contributed by atoms with Crippen LogP contribution in [-0.4, -0.2) is 12.6 Å². The van der Waals surface area contributed by atoms with Crippen molar-refractivity contribution in [2.75, 3.05) is 17.2 Å². The molecule has 0 spiro atoms. The second-order valence-corrected chi connectivity index (χ2v) is 5.25. The van der Waals surface area contributed by atoms with E-state index in [1.807, 2.05) is 6.07 Å². The third kappa shape index (κ3) is 2.16. The van der Waals surface area contributed by atoms with Gasteiger partial charge in [-0.3, -0.25) is 0 Å². The molecule has 1 fully saturated rings. The summed E-state index contributed by atoms with van der Waals surface area (Å²) in [5.41, 5.74) is 9.50. The van der Waals surface area contributed by atoms with Crippen molar-refractivity contribution >= 4 is 11.4 Å². The topological polar surface area (TPSA) is 29.3 Å². The molecule has 2 rings (SSSR count). The molecule has 2 heteroatoms. The number of aryl methyl sites for hydroxylation is 1. The van der Waals surface area contributed by atoms with E-state index in [0.29, 0.717) is 6.04 Å². The van der Waals surface area contributed by atoms with E-state index in [4.69, 9.17) is 5.73 Å². The largest absolute Gasteiger partial charge is 0.397 e. The zero-order valence-corrected chi connectivity index (χ0v) is 10.5. The second-order valence-electron chi connectivity index (χ2n) is 5.25. The van der Waals surface area contributed by atoms with E-state index in [0.717, 1.165) is 18.2 Å². The highest BCUT2D eigenvalue weighted by molar-refractivity contribution is 5.69. The van der Waals surface area contributed by atoms with Crippen molar-refractivity contribution in [2.45, 2.75) is 39.7 Å². The van der Waals surface area contributed by atoms with Crippen LogP contribution in [0.2, 0.25) is 0 Å². The number of nitrogen functional groups attached to an aromatic ring is 1. The van der Waals surface area contributed by atoms with Gasteiger partial charge in [0.25, 0.3) is 0 Å². The Labute approximate surface area is 98.4 Å². The van der Waals surface area contributed by atoms with E-state index in [1.165, 1.54) is 24.1 Å². The zero-order chi connectivity index (χ0) is 11.7. The van der Waals surface area contributed by atoms with E-state index in [2.05, 4.69) is 37.8 Å². The average molecular weight is 218 g/mol. The summed E-state index contributed by atoms with van der Waals surface area (Å²) >= 11 is 0. The fourth-order valence-electron chi connectivity index (χ4n) is 2.53. The molecule has 1 heterocycles. The number of nitrogens with zero attached hydrogens (tertiary/aromatic N) is 1. The highest BCUT2D eigenvalue weighted by atomic mass is 15.2. The van der Waals surface area contributed by atoms with Gasteiger partial charge in [0.2, 0.25) is 0 Å². The van der Waals surface area contributed by atoms with E-state index in [9.17, 15) is 0 Å². The summed E-state index contributed by atoms with van der Waals surface area (Å²) in [5, 5.41) is 0. The van der Waals surface area contributed by atoms with Crippen LogP contribution in [0.25, 0.3) is 0 Å². The molecule has 0 amide bonds. The lowest BCUT2D eigenvalue weighted by Crippen LogP contribution is -2.41. The van der Waals surface area contributed by atoms with Crippen molar-refractivity contribution < 1.29 is 0 Å². The summed E-state index contributed by atoms with van der Waals surface area (Å²) in [6.07, 6.45) is 2.61. The number of nitrogens with two attached hydrogens (primary N) is 1. The van der Waals surface area contributed by atoms with Crippen LogP contribution in [0.5, 0.6) is 0 Å². The fraction of sp³-hybridized carbons (Fsp3) is 0.571. The van der Waals surface area contributed by atoms with Gasteiger partial charge in [0.15, 0.2) is 0 Å². The maximum Gasteiger partial charge on any atom is 0.0605 e. The maximum absolute atomic E-state index is 6.09. The molecule has 88 valence electrons. The molecule has 0 bridgehead atoms. The highest BCUT2D eigenvalue weighted by Gasteiger charge is 2.24. The standard InChI is InChI=1S/C14H22N2/c1-10-5-7-13(15)14(8-10)16-9-11(2)4-6-12(16)3/h5,7-8,11-12H,4,6,9,15H2,1-3H3. The molecule has 2 unspecified atom stereocenters. The maximum atomic E-state index is 6.09. The molecule has 2 N–H and O–H groups in total. The third-order valence-corrected chi connectivity index (χ3v) is 3.61. The summed E-state index contributed by atoms with van der Waals surface area (Å²) in [7, 11) is 0. The summed E-state index contributed by atoms with van der Waals surface area (Å²) in [6, 6.07) is 6.93. The lowest BCUT2D eigenvalue weighted by Gasteiger charge is -2.39. The monoisotopic (exact) mass is 218 g/mol. The van der Waals surface area contributed by atoms with Gasteiger partial charge in [-0.2, -0.15) is 0 Å². The van der Waals surface area contributed by atoms with Gasteiger partial charge < -0.3 is 10.6 Å². The average Bonchev–Trinajstić information content (AvgIpc) is 2.25. The molecule has 1 aromatic rings. The Kier molecular flexibility index (Phi) is 3.08. The van der Waals surface area contributed by atoms with Gasteiger partial charge in [-0.1, -0.05) is 13.0 Å². The lowest BCUT2D eigenvalue weighted by molar-refractivity contribution is 0.390. The Bertz CT molecular complexity index is 373. The molecule has 1 aliphatic rings. The van der Waals surface area contributed by atoms with Crippen LogP contribution in [0.4, 0.5) is 11.4 Å². The molecule has 1 aliphatic heterocycles. The Hall–Kier alpha value is -1.18. The highest BCUT2D eigenvalue weighted by Crippen LogP contribution is 2.31. The number of hydrogen-bond acceptors (Lipinski definition) is 2. The first-order valence-corrected chi connectivity index (χ1v) is 6.20. The third-order valence-electron chi connectivity index (χ3n) is 3.61. The Morgan fingerprint density at radius 3 is 2.75 bits per heavy atom. The van der Waals surface area contributed by atoms with Gasteiger partial charge >= 0.3 is 0 Å². The SMILES string of the molecule is Cc1ccc(N)c(N2CC(C)CCC2C)c1. The summed E-state index contributed by atoms with van der Waals surface area (Å²) in [5.74, 6) is 0.774. The Morgan fingerprint density at radius 1 is 1.25 bits per heavy atom. The first kappa shape index (κ1) is 11.3. The normalized spacial score (nSPS) is 25.8. The summed E-state index contributed by atoms with van der Waals surface area (Å²) in [6.45, 7) is 7.88. The molecule has 0 aliphatic carbocycles. The van der Waals surface area contributed by atoms with Crippen LogP contribution >= 0.6 is 0 Å². The van der Waals surface area contributed by atoms with Crippen LogP contribution in [-0.2, 0) is 0 Å². The van der Waals surface area contributed by atoms with Gasteiger partial charge in [0.05, 0.1) is 11.4 Å². The van der Waals surface area contributed by atoms with E-state index in [1.54, 1.807) is 0 Å². The number of rotatable bonds is 1. The molecule has 0 radical (unpaired) electrons. The van der Waals surface area contributed by atoms with Crippen molar-refractivity contribution in [3.05, 3.63) is 23.8 Å². The molecular formula is C14H22N2. The van der Waals surface area contributed by atoms with E-state index in [-0.39, 0.29) is 0 Å². The van der Waals surface area contributed by atoms with E-state index < -0.39 is 0 Å². The number of hydrogen-bond donors (Lipinski definition) is 1. The van der Waals surface area contributed by atoms with Crippen LogP contribution in [0, 0.1) is 12.8 Å². The minimum absolute atomic E-state index is 0.611. The van der Waals surface area contributed by atoms with Crippen LogP contribution in [0.1, 0.15) is 32.3 Å². The fourth-order valence-corrected chi connectivity index (χ4v) is 2.53. The smallest absolute Gasteiger partial charge is 0.0605 e. The zero-order valence-electron chi connectivity index (χ0n) is 10.5. The van der Waals surface area contributed by atoms with Gasteiger partial charge in [-0.05, 0) is 50.3 Å². The minimum atomic E-state index is 0.611. The minimum Gasteiger partial charge on any atom is -0.397 e. The molecular weight excluding hydrogens is 196 g/mol. The molecule has 2 nitrogen and oxygen atoms in total. The Balaban J connectivity index is 2.30. The van der Waals surface area contributed by atoms with Crippen molar-refractivity contribution in [3.8, 4) is 0 Å². The van der Waals surface area contributed by atoms with Crippen molar-refractivity contribution in [1.82, 2.24) is 0 Å². The first-order chi connectivity index (χ1) is 7.58. The molecule has 1 aromatic carbocycles. The first-order valence-electron chi connectivity index (χ1n) is 6.20. The van der Waals surface area contributed by atoms with Gasteiger partial charge in [-0.25, -0.2) is 0 Å². The van der Waals surface area contributed by atoms with Crippen LogP contribution in [0.15, 0.2) is 18.2 Å². The second kappa shape index (κ2) is 4.36. The molecule has 0 saturated carbocycles. The number of piperidine rings is 1. The molecule has 0 aromatic heterocycles. The number of anilines is 2. The number of benzene rings is 1. The van der Waals surface area contributed by atoms with Crippen LogP contribution < -0.4 is 10.6 Å². The van der Waals surface area contributed by atoms with Crippen molar-refractivity contribution in [2.24, 2.45) is 5.92 Å². The van der Waals surface area contributed by atoms with E-state index >= 15 is 0 Å². The molecule has 2 atom stereocenters. The lowest BCUT2D eigenvalue weighted by atomic mass is 9.94. The van der Waals surface area contributed by atoms with Gasteiger partial charge in [0, 0.05) is 12.6 Å². The molecule has 1 saturated heterocycles. The van der Waals surface area contributed by atoms with Crippen molar-refractivity contribution in [1.29, 1.82) is 0 Å². The van der Waals surface area contributed by atoms with Crippen LogP contribution in [0.3, 0.4) is 0 Å². The predicted octanol–water partition coefficient (Wildman–Crippen LogP) is 3.20. The van der Waals surface area contributed by atoms with Gasteiger partial charge in [0.1, 0.15) is 0 Å². The Morgan fingerprint density at radius 2 is 2.00 bits per heavy atom. The predicted molar refractivity (Wildman–Crippen MR) is 70.8 cm³/mol. The van der Waals surface area contributed by atoms with Crippen molar-refractivity contribution in [3.63, 3.8) is 0 Å². The summed E-state index contributed by atoms with van der Waals surface area (Å²) in [4.78, 5) is 2.47. The summed E-state index contributed by atoms with van der Waals surface area (Å²) < 4.78 is 0. The quantitative estimate of drug-likeness (QED) is 0.733.